The molecule has 0 spiro atoms. The maximum absolute atomic E-state index is 12.6. The van der Waals surface area contributed by atoms with Crippen LogP contribution in [0, 0.1) is 6.92 Å². The second-order valence-electron chi connectivity index (χ2n) is 5.58. The van der Waals surface area contributed by atoms with Gasteiger partial charge in [-0.3, -0.25) is 9.48 Å². The molecule has 2 aromatic heterocycles. The van der Waals surface area contributed by atoms with Crippen LogP contribution in [0.25, 0.3) is 5.69 Å². The number of nitrogens with zero attached hydrogens (tertiary/aromatic N) is 5. The lowest BCUT2D eigenvalue weighted by molar-refractivity contribution is 0.0784. The summed E-state index contributed by atoms with van der Waals surface area (Å²) in [5.41, 5.74) is 3.41. The van der Waals surface area contributed by atoms with Crippen LogP contribution in [0.15, 0.2) is 48.9 Å². The fourth-order valence-electron chi connectivity index (χ4n) is 2.58. The van der Waals surface area contributed by atoms with Crippen LogP contribution in [0.5, 0.6) is 0 Å². The SMILES string of the molecule is Cc1nn(C)cc1C(=O)N(C)Cc1cccc(-n2cccn2)c1. The molecule has 1 aromatic carbocycles. The van der Waals surface area contributed by atoms with Crippen molar-refractivity contribution in [3.63, 3.8) is 0 Å². The largest absolute Gasteiger partial charge is 0.337 e. The Morgan fingerprint density at radius 2 is 2.13 bits per heavy atom. The highest BCUT2D eigenvalue weighted by atomic mass is 16.2. The molecule has 0 aliphatic rings. The number of carbonyl (C=O) groups excluding carboxylic acids is 1. The van der Waals surface area contributed by atoms with Gasteiger partial charge >= 0.3 is 0 Å². The number of benzene rings is 1. The van der Waals surface area contributed by atoms with E-state index in [1.807, 2.05) is 50.5 Å². The van der Waals surface area contributed by atoms with Gasteiger partial charge in [0.25, 0.3) is 5.91 Å². The molecule has 3 aromatic rings. The fraction of sp³-hybridized carbons (Fsp3) is 0.235. The Bertz CT molecular complexity index is 819. The number of aryl methyl sites for hydroxylation is 2. The van der Waals surface area contributed by atoms with Gasteiger partial charge in [0.15, 0.2) is 0 Å². The molecule has 23 heavy (non-hydrogen) atoms. The molecular weight excluding hydrogens is 290 g/mol. The third-order valence-electron chi connectivity index (χ3n) is 3.69. The Morgan fingerprint density at radius 1 is 1.30 bits per heavy atom. The van der Waals surface area contributed by atoms with Crippen LogP contribution in [0.1, 0.15) is 21.6 Å². The first kappa shape index (κ1) is 15.0. The molecule has 0 saturated heterocycles. The number of amides is 1. The van der Waals surface area contributed by atoms with E-state index in [4.69, 9.17) is 0 Å². The predicted molar refractivity (Wildman–Crippen MR) is 87.3 cm³/mol. The van der Waals surface area contributed by atoms with E-state index in [2.05, 4.69) is 10.2 Å². The van der Waals surface area contributed by atoms with Gasteiger partial charge in [0.05, 0.1) is 16.9 Å². The summed E-state index contributed by atoms with van der Waals surface area (Å²) < 4.78 is 3.46. The van der Waals surface area contributed by atoms with Crippen LogP contribution >= 0.6 is 0 Å². The predicted octanol–water partition coefficient (Wildman–Crippen LogP) is 2.19. The van der Waals surface area contributed by atoms with Crippen molar-refractivity contribution in [2.45, 2.75) is 13.5 Å². The summed E-state index contributed by atoms with van der Waals surface area (Å²) in [5.74, 6) is -0.0277. The molecule has 0 saturated carbocycles. The molecule has 0 aliphatic heterocycles. The quantitative estimate of drug-likeness (QED) is 0.742. The maximum Gasteiger partial charge on any atom is 0.257 e. The van der Waals surface area contributed by atoms with Crippen LogP contribution in [0.2, 0.25) is 0 Å². The maximum atomic E-state index is 12.6. The number of aromatic nitrogens is 4. The topological polar surface area (TPSA) is 56.0 Å². The van der Waals surface area contributed by atoms with E-state index >= 15 is 0 Å². The van der Waals surface area contributed by atoms with Gasteiger partial charge in [-0.05, 0) is 30.7 Å². The molecule has 6 heteroatoms. The van der Waals surface area contributed by atoms with E-state index in [-0.39, 0.29) is 5.91 Å². The van der Waals surface area contributed by atoms with Crippen molar-refractivity contribution in [1.29, 1.82) is 0 Å². The van der Waals surface area contributed by atoms with Gasteiger partial charge in [-0.15, -0.1) is 0 Å². The summed E-state index contributed by atoms with van der Waals surface area (Å²) >= 11 is 0. The molecule has 0 atom stereocenters. The normalized spacial score (nSPS) is 10.7. The minimum atomic E-state index is -0.0277. The van der Waals surface area contributed by atoms with E-state index in [1.165, 1.54) is 0 Å². The molecule has 0 bridgehead atoms. The van der Waals surface area contributed by atoms with E-state index in [1.54, 1.807) is 33.7 Å². The van der Waals surface area contributed by atoms with Gasteiger partial charge < -0.3 is 4.90 Å². The van der Waals surface area contributed by atoms with E-state index < -0.39 is 0 Å². The molecule has 6 nitrogen and oxygen atoms in total. The number of hydrogen-bond acceptors (Lipinski definition) is 3. The van der Waals surface area contributed by atoms with Crippen molar-refractivity contribution < 1.29 is 4.79 Å². The molecular formula is C17H19N5O. The van der Waals surface area contributed by atoms with Gasteiger partial charge in [0.1, 0.15) is 0 Å². The summed E-state index contributed by atoms with van der Waals surface area (Å²) in [5, 5.41) is 8.46. The van der Waals surface area contributed by atoms with Crippen LogP contribution in [0.3, 0.4) is 0 Å². The van der Waals surface area contributed by atoms with Crippen LogP contribution in [-0.2, 0) is 13.6 Å². The first-order valence-electron chi connectivity index (χ1n) is 7.39. The Kier molecular flexibility index (Phi) is 3.97. The Labute approximate surface area is 135 Å². The van der Waals surface area contributed by atoms with Gasteiger partial charge in [-0.25, -0.2) is 4.68 Å². The van der Waals surface area contributed by atoms with Crippen molar-refractivity contribution in [3.05, 3.63) is 65.7 Å². The average Bonchev–Trinajstić information content (AvgIpc) is 3.16. The summed E-state index contributed by atoms with van der Waals surface area (Å²) in [6.07, 6.45) is 5.40. The zero-order valence-corrected chi connectivity index (χ0v) is 13.5. The molecule has 3 rings (SSSR count). The van der Waals surface area contributed by atoms with Crippen molar-refractivity contribution in [2.75, 3.05) is 7.05 Å². The first-order chi connectivity index (χ1) is 11.0. The van der Waals surface area contributed by atoms with Gasteiger partial charge in [-0.2, -0.15) is 10.2 Å². The zero-order chi connectivity index (χ0) is 16.4. The highest BCUT2D eigenvalue weighted by molar-refractivity contribution is 5.94. The lowest BCUT2D eigenvalue weighted by Gasteiger charge is -2.17. The standard InChI is InChI=1S/C17H19N5O/c1-13-16(12-21(3)19-13)17(23)20(2)11-14-6-4-7-15(10-14)22-9-5-8-18-22/h4-10,12H,11H2,1-3H3. The molecule has 1 amide bonds. The Morgan fingerprint density at radius 3 is 2.78 bits per heavy atom. The Balaban J connectivity index is 1.78. The minimum absolute atomic E-state index is 0.0277. The van der Waals surface area contributed by atoms with E-state index in [0.29, 0.717) is 12.1 Å². The van der Waals surface area contributed by atoms with Crippen molar-refractivity contribution in [1.82, 2.24) is 24.5 Å². The molecule has 2 heterocycles. The fourth-order valence-corrected chi connectivity index (χ4v) is 2.58. The minimum Gasteiger partial charge on any atom is -0.337 e. The van der Waals surface area contributed by atoms with Gasteiger partial charge in [0.2, 0.25) is 0 Å². The van der Waals surface area contributed by atoms with Gasteiger partial charge in [0, 0.05) is 39.2 Å². The average molecular weight is 309 g/mol. The van der Waals surface area contributed by atoms with Crippen LogP contribution < -0.4 is 0 Å². The third-order valence-corrected chi connectivity index (χ3v) is 3.69. The number of carbonyl (C=O) groups is 1. The van der Waals surface area contributed by atoms with Crippen molar-refractivity contribution in [2.24, 2.45) is 7.05 Å². The van der Waals surface area contributed by atoms with Crippen LogP contribution in [-0.4, -0.2) is 37.4 Å². The van der Waals surface area contributed by atoms with Crippen molar-refractivity contribution >= 4 is 5.91 Å². The summed E-state index contributed by atoms with van der Waals surface area (Å²) in [4.78, 5) is 14.3. The smallest absolute Gasteiger partial charge is 0.257 e. The summed E-state index contributed by atoms with van der Waals surface area (Å²) in [7, 11) is 3.62. The molecule has 0 radical (unpaired) electrons. The molecule has 0 N–H and O–H groups in total. The summed E-state index contributed by atoms with van der Waals surface area (Å²) in [6.45, 7) is 2.38. The molecule has 118 valence electrons. The number of rotatable bonds is 4. The van der Waals surface area contributed by atoms with Gasteiger partial charge in [-0.1, -0.05) is 12.1 Å². The van der Waals surface area contributed by atoms with Crippen molar-refractivity contribution in [3.8, 4) is 5.69 Å². The van der Waals surface area contributed by atoms with Crippen LogP contribution in [0.4, 0.5) is 0 Å². The highest BCUT2D eigenvalue weighted by Crippen LogP contribution is 2.14. The first-order valence-corrected chi connectivity index (χ1v) is 7.39. The van der Waals surface area contributed by atoms with E-state index in [0.717, 1.165) is 16.9 Å². The Hall–Kier alpha value is -2.89. The lowest BCUT2D eigenvalue weighted by atomic mass is 10.1. The second-order valence-corrected chi connectivity index (χ2v) is 5.58. The highest BCUT2D eigenvalue weighted by Gasteiger charge is 2.17. The molecule has 0 fully saturated rings. The lowest BCUT2D eigenvalue weighted by Crippen LogP contribution is -2.26. The zero-order valence-electron chi connectivity index (χ0n) is 13.5. The third kappa shape index (κ3) is 3.15. The molecule has 0 aliphatic carbocycles. The van der Waals surface area contributed by atoms with E-state index in [9.17, 15) is 4.79 Å². The number of hydrogen-bond donors (Lipinski definition) is 0. The summed E-state index contributed by atoms with van der Waals surface area (Å²) in [6, 6.07) is 9.89. The second kappa shape index (κ2) is 6.08. The monoisotopic (exact) mass is 309 g/mol. The molecule has 0 unspecified atom stereocenters.